The second-order valence-corrected chi connectivity index (χ2v) is 7.48. The van der Waals surface area contributed by atoms with Crippen LogP contribution in [0.4, 0.5) is 0 Å². The molecule has 0 bridgehead atoms. The van der Waals surface area contributed by atoms with Crippen molar-refractivity contribution in [1.29, 1.82) is 0 Å². The second kappa shape index (κ2) is 8.38. The zero-order valence-electron chi connectivity index (χ0n) is 15.6. The highest BCUT2D eigenvalue weighted by Gasteiger charge is 2.33. The van der Waals surface area contributed by atoms with Crippen LogP contribution in [0.25, 0.3) is 0 Å². The third-order valence-electron chi connectivity index (χ3n) is 5.27. The first-order valence-corrected chi connectivity index (χ1v) is 9.88. The highest BCUT2D eigenvalue weighted by Crippen LogP contribution is 2.30. The van der Waals surface area contributed by atoms with Crippen LogP contribution in [-0.2, 0) is 6.54 Å². The SMILES string of the molecule is O=C(c1ccccn1)N(Cc1ccc(OCC2CC=CCC2)cc1)C1CC1. The van der Waals surface area contributed by atoms with Crippen LogP contribution in [-0.4, -0.2) is 28.4 Å². The second-order valence-electron chi connectivity index (χ2n) is 7.48. The zero-order valence-corrected chi connectivity index (χ0v) is 15.6. The van der Waals surface area contributed by atoms with Crippen molar-refractivity contribution in [2.24, 2.45) is 5.92 Å². The molecule has 1 amide bonds. The summed E-state index contributed by atoms with van der Waals surface area (Å²) in [6.45, 7) is 1.39. The summed E-state index contributed by atoms with van der Waals surface area (Å²) < 4.78 is 5.96. The number of amides is 1. The van der Waals surface area contributed by atoms with Crippen LogP contribution < -0.4 is 4.74 Å². The van der Waals surface area contributed by atoms with Crippen molar-refractivity contribution < 1.29 is 9.53 Å². The maximum absolute atomic E-state index is 12.8. The van der Waals surface area contributed by atoms with Crippen LogP contribution in [0.5, 0.6) is 5.75 Å². The molecule has 4 nitrogen and oxygen atoms in total. The van der Waals surface area contributed by atoms with Crippen molar-refractivity contribution in [2.45, 2.75) is 44.7 Å². The molecule has 4 rings (SSSR count). The van der Waals surface area contributed by atoms with Gasteiger partial charge in [-0.25, -0.2) is 0 Å². The van der Waals surface area contributed by atoms with Crippen molar-refractivity contribution in [3.63, 3.8) is 0 Å². The average Bonchev–Trinajstić information content (AvgIpc) is 3.57. The molecule has 1 unspecified atom stereocenters. The largest absolute Gasteiger partial charge is 0.493 e. The number of rotatable bonds is 7. The van der Waals surface area contributed by atoms with Gasteiger partial charge in [-0.2, -0.15) is 0 Å². The first kappa shape index (κ1) is 17.8. The molecule has 0 saturated heterocycles. The molecule has 27 heavy (non-hydrogen) atoms. The fraction of sp³-hybridized carbons (Fsp3) is 0.391. The van der Waals surface area contributed by atoms with Crippen molar-refractivity contribution >= 4 is 5.91 Å². The molecule has 1 aromatic carbocycles. The van der Waals surface area contributed by atoms with Gasteiger partial charge in [0.1, 0.15) is 11.4 Å². The Balaban J connectivity index is 1.36. The van der Waals surface area contributed by atoms with Gasteiger partial charge >= 0.3 is 0 Å². The topological polar surface area (TPSA) is 42.4 Å². The van der Waals surface area contributed by atoms with Crippen LogP contribution in [0.15, 0.2) is 60.8 Å². The lowest BCUT2D eigenvalue weighted by molar-refractivity contribution is 0.0724. The quantitative estimate of drug-likeness (QED) is 0.675. The molecule has 0 radical (unpaired) electrons. The van der Waals surface area contributed by atoms with Gasteiger partial charge in [0.25, 0.3) is 5.91 Å². The van der Waals surface area contributed by atoms with Gasteiger partial charge in [-0.05, 0) is 67.9 Å². The third-order valence-corrected chi connectivity index (χ3v) is 5.27. The minimum atomic E-state index is 0.0174. The van der Waals surface area contributed by atoms with E-state index in [2.05, 4.69) is 29.3 Å². The highest BCUT2D eigenvalue weighted by atomic mass is 16.5. The summed E-state index contributed by atoms with van der Waals surface area (Å²) in [5, 5.41) is 0. The van der Waals surface area contributed by atoms with E-state index in [0.717, 1.165) is 43.6 Å². The highest BCUT2D eigenvalue weighted by molar-refractivity contribution is 5.92. The van der Waals surface area contributed by atoms with Gasteiger partial charge in [-0.15, -0.1) is 0 Å². The van der Waals surface area contributed by atoms with E-state index >= 15 is 0 Å². The molecule has 1 heterocycles. The van der Waals surface area contributed by atoms with Crippen molar-refractivity contribution in [2.75, 3.05) is 6.61 Å². The maximum Gasteiger partial charge on any atom is 0.272 e. The molecule has 1 fully saturated rings. The van der Waals surface area contributed by atoms with Gasteiger partial charge in [-0.1, -0.05) is 30.4 Å². The Morgan fingerprint density at radius 2 is 1.93 bits per heavy atom. The lowest BCUT2D eigenvalue weighted by atomic mass is 9.95. The van der Waals surface area contributed by atoms with Crippen LogP contribution in [0.3, 0.4) is 0 Å². The number of carbonyl (C=O) groups excluding carboxylic acids is 1. The standard InChI is InChI=1S/C23H26N2O2/c26-23(22-8-4-5-15-24-22)25(20-11-12-20)16-18-9-13-21(14-10-18)27-17-19-6-2-1-3-7-19/h1-2,4-5,8-10,13-15,19-20H,3,6-7,11-12,16-17H2. The number of ether oxygens (including phenoxy) is 1. The minimum absolute atomic E-state index is 0.0174. The summed E-state index contributed by atoms with van der Waals surface area (Å²) in [5.74, 6) is 1.54. The molecule has 1 saturated carbocycles. The molecule has 2 aliphatic rings. The lowest BCUT2D eigenvalue weighted by Gasteiger charge is -2.22. The van der Waals surface area contributed by atoms with Crippen molar-refractivity contribution in [3.05, 3.63) is 72.1 Å². The van der Waals surface area contributed by atoms with Crippen molar-refractivity contribution in [1.82, 2.24) is 9.88 Å². The maximum atomic E-state index is 12.8. The van der Waals surface area contributed by atoms with E-state index in [1.165, 1.54) is 6.42 Å². The fourth-order valence-corrected chi connectivity index (χ4v) is 3.50. The third kappa shape index (κ3) is 4.76. The first-order valence-electron chi connectivity index (χ1n) is 9.88. The summed E-state index contributed by atoms with van der Waals surface area (Å²) in [6.07, 6.45) is 11.8. The lowest BCUT2D eigenvalue weighted by Crippen LogP contribution is -2.33. The number of pyridine rings is 1. The summed E-state index contributed by atoms with van der Waals surface area (Å²) in [6, 6.07) is 14.0. The number of hydrogen-bond acceptors (Lipinski definition) is 3. The number of aromatic nitrogens is 1. The summed E-state index contributed by atoms with van der Waals surface area (Å²) in [7, 11) is 0. The van der Waals surface area contributed by atoms with E-state index in [-0.39, 0.29) is 5.91 Å². The molecular weight excluding hydrogens is 336 g/mol. The Bertz CT molecular complexity index is 782. The predicted octanol–water partition coefficient (Wildman–Crippen LogP) is 4.62. The molecule has 1 atom stereocenters. The number of nitrogens with zero attached hydrogens (tertiary/aromatic N) is 2. The van der Waals surface area contributed by atoms with E-state index in [4.69, 9.17) is 4.74 Å². The smallest absolute Gasteiger partial charge is 0.272 e. The Hall–Kier alpha value is -2.62. The van der Waals surface area contributed by atoms with E-state index < -0.39 is 0 Å². The van der Waals surface area contributed by atoms with Gasteiger partial charge in [0, 0.05) is 18.8 Å². The molecule has 2 aromatic rings. The summed E-state index contributed by atoms with van der Waals surface area (Å²) in [4.78, 5) is 19.0. The fourth-order valence-electron chi connectivity index (χ4n) is 3.50. The molecule has 4 heteroatoms. The van der Waals surface area contributed by atoms with E-state index in [0.29, 0.717) is 24.2 Å². The summed E-state index contributed by atoms with van der Waals surface area (Å²) >= 11 is 0. The van der Waals surface area contributed by atoms with E-state index in [9.17, 15) is 4.79 Å². The number of benzene rings is 1. The van der Waals surface area contributed by atoms with Crippen molar-refractivity contribution in [3.8, 4) is 5.75 Å². The molecule has 2 aliphatic carbocycles. The Kier molecular flexibility index (Phi) is 5.52. The monoisotopic (exact) mass is 362 g/mol. The zero-order chi connectivity index (χ0) is 18.5. The van der Waals surface area contributed by atoms with E-state index in [1.807, 2.05) is 29.2 Å². The number of carbonyl (C=O) groups is 1. The summed E-state index contributed by atoms with van der Waals surface area (Å²) in [5.41, 5.74) is 1.64. The molecule has 0 spiro atoms. The Morgan fingerprint density at radius 3 is 2.59 bits per heavy atom. The average molecular weight is 362 g/mol. The number of allylic oxidation sites excluding steroid dienone is 2. The van der Waals surface area contributed by atoms with Crippen LogP contribution >= 0.6 is 0 Å². The Morgan fingerprint density at radius 1 is 1.07 bits per heavy atom. The first-order chi connectivity index (χ1) is 13.3. The normalized spacial score (nSPS) is 18.9. The number of hydrogen-bond donors (Lipinski definition) is 0. The van der Waals surface area contributed by atoms with Gasteiger partial charge in [0.2, 0.25) is 0 Å². The Labute approximate surface area is 160 Å². The van der Waals surface area contributed by atoms with Gasteiger partial charge in [0.15, 0.2) is 0 Å². The molecule has 0 aliphatic heterocycles. The van der Waals surface area contributed by atoms with Crippen LogP contribution in [0.2, 0.25) is 0 Å². The predicted molar refractivity (Wildman–Crippen MR) is 106 cm³/mol. The molecule has 140 valence electrons. The van der Waals surface area contributed by atoms with Gasteiger partial charge in [0.05, 0.1) is 6.61 Å². The van der Waals surface area contributed by atoms with Gasteiger partial charge < -0.3 is 9.64 Å². The minimum Gasteiger partial charge on any atom is -0.493 e. The van der Waals surface area contributed by atoms with Gasteiger partial charge in [-0.3, -0.25) is 9.78 Å². The van der Waals surface area contributed by atoms with Crippen LogP contribution in [0.1, 0.15) is 48.2 Å². The molecule has 1 aromatic heterocycles. The van der Waals surface area contributed by atoms with E-state index in [1.54, 1.807) is 12.3 Å². The molecular formula is C23H26N2O2. The molecule has 0 N–H and O–H groups in total. The van der Waals surface area contributed by atoms with Crippen LogP contribution in [0, 0.1) is 5.92 Å².